The summed E-state index contributed by atoms with van der Waals surface area (Å²) in [4.78, 5) is 0. The smallest absolute Gasteiger partial charge is 0.451 e. The van der Waals surface area contributed by atoms with Crippen LogP contribution in [0.5, 0.6) is 0 Å². The van der Waals surface area contributed by atoms with Gasteiger partial charge in [0.05, 0.1) is 0 Å². The van der Waals surface area contributed by atoms with E-state index in [2.05, 4.69) is 9.14 Å². The molecule has 0 aromatic heterocycles. The molecule has 0 saturated carbocycles. The Kier molecular flexibility index (Phi) is 3.27. The van der Waals surface area contributed by atoms with Gasteiger partial charge in [0.25, 0.3) is 0 Å². The summed E-state index contributed by atoms with van der Waals surface area (Å²) in [5.74, 6) is 0. The molecule has 0 amide bonds. The molecule has 1 saturated heterocycles. The van der Waals surface area contributed by atoms with Gasteiger partial charge in [0.1, 0.15) is 0 Å². The first kappa shape index (κ1) is 11.6. The molecule has 16 heavy (non-hydrogen) atoms. The Labute approximate surface area is 91.5 Å². The molecule has 3 nitrogen and oxygen atoms in total. The van der Waals surface area contributed by atoms with Crippen molar-refractivity contribution in [2.75, 3.05) is 0 Å². The second kappa shape index (κ2) is 4.53. The minimum Gasteiger partial charge on any atom is -0.451 e. The monoisotopic (exact) mass is 227 g/mol. The largest absolute Gasteiger partial charge is 0.552 e. The third-order valence-corrected chi connectivity index (χ3v) is 1.94. The van der Waals surface area contributed by atoms with E-state index >= 15 is 0 Å². The lowest BCUT2D eigenvalue weighted by molar-refractivity contribution is -0.0755. The molecule has 1 aromatic carbocycles. The number of alkyl halides is 3. The maximum atomic E-state index is 12.3. The Morgan fingerprint density at radius 2 is 1.75 bits per heavy atom. The predicted octanol–water partition coefficient (Wildman–Crippen LogP) is 0.569. The van der Waals surface area contributed by atoms with E-state index in [0.29, 0.717) is 13.1 Å². The van der Waals surface area contributed by atoms with Crippen molar-refractivity contribution < 1.29 is 26.9 Å². The van der Waals surface area contributed by atoms with Crippen LogP contribution in [0.15, 0.2) is 30.3 Å². The van der Waals surface area contributed by atoms with Crippen LogP contribution in [0.1, 0.15) is 0 Å². The summed E-state index contributed by atoms with van der Waals surface area (Å²) >= 11 is 0. The highest BCUT2D eigenvalue weighted by atomic mass is 19.4. The maximum Gasteiger partial charge on any atom is 0.552 e. The molecule has 0 atom stereocenters. The normalized spacial score (nSPS) is 17.2. The van der Waals surface area contributed by atoms with Gasteiger partial charge < -0.3 is 13.7 Å². The second-order valence-corrected chi connectivity index (χ2v) is 3.12. The van der Waals surface area contributed by atoms with E-state index in [1.807, 2.05) is 0 Å². The van der Waals surface area contributed by atoms with Crippen LogP contribution < -0.4 is 5.46 Å². The van der Waals surface area contributed by atoms with Crippen LogP contribution in [-0.4, -0.2) is 28.0 Å². The van der Waals surface area contributed by atoms with Gasteiger partial charge in [-0.3, -0.25) is 0 Å². The van der Waals surface area contributed by atoms with E-state index in [-0.39, 0.29) is 0 Å². The number of hydrogen-bond donors (Lipinski definition) is 0. The van der Waals surface area contributed by atoms with E-state index in [9.17, 15) is 13.2 Å². The minimum atomic E-state index is -4.58. The Morgan fingerprint density at radius 1 is 1.06 bits per heavy atom. The summed E-state index contributed by atoms with van der Waals surface area (Å²) in [5.41, 5.74) is 0.497. The van der Waals surface area contributed by atoms with Crippen LogP contribution in [-0.2, 0) is 13.7 Å². The molecule has 1 aliphatic rings. The molecule has 1 aliphatic heterocycles. The molecule has 0 spiro atoms. The molecule has 1 fully saturated rings. The molecular weight excluding hydrogens is 222 g/mol. The van der Waals surface area contributed by atoms with Crippen LogP contribution in [0, 0.1) is 0 Å². The first-order valence-corrected chi connectivity index (χ1v) is 4.47. The SMILES string of the molecule is FC(F)(F)B1O[B]OB(c2ccccc2)O1. The zero-order valence-electron chi connectivity index (χ0n) is 7.98. The number of rotatable bonds is 1. The van der Waals surface area contributed by atoms with Crippen LogP contribution >= 0.6 is 0 Å². The Bertz CT molecular complexity index is 348. The van der Waals surface area contributed by atoms with Crippen LogP contribution in [0.2, 0.25) is 0 Å². The van der Waals surface area contributed by atoms with Gasteiger partial charge in [0, 0.05) is 0 Å². The molecular formula is C7H5B3F3O3. The third-order valence-electron chi connectivity index (χ3n) is 1.94. The Hall–Kier alpha value is -0.915. The zero-order chi connectivity index (χ0) is 11.6. The van der Waals surface area contributed by atoms with Crippen molar-refractivity contribution in [2.45, 2.75) is 6.08 Å². The van der Waals surface area contributed by atoms with E-state index in [1.165, 1.54) is 0 Å². The van der Waals surface area contributed by atoms with Gasteiger partial charge in [-0.05, 0) is 5.46 Å². The van der Waals surface area contributed by atoms with Gasteiger partial charge in [-0.15, -0.1) is 0 Å². The average molecular weight is 227 g/mol. The highest BCUT2D eigenvalue weighted by Gasteiger charge is 2.53. The van der Waals surface area contributed by atoms with Crippen molar-refractivity contribution >= 4 is 27.4 Å². The van der Waals surface area contributed by atoms with Gasteiger partial charge in [0.2, 0.25) is 0 Å². The van der Waals surface area contributed by atoms with Crippen LogP contribution in [0.3, 0.4) is 0 Å². The van der Waals surface area contributed by atoms with Crippen molar-refractivity contribution in [1.29, 1.82) is 0 Å². The number of benzene rings is 1. The average Bonchev–Trinajstić information content (AvgIpc) is 2.29. The number of hydrogen-bond acceptors (Lipinski definition) is 3. The quantitative estimate of drug-likeness (QED) is 0.656. The maximum absolute atomic E-state index is 12.3. The van der Waals surface area contributed by atoms with Gasteiger partial charge in [-0.1, -0.05) is 30.3 Å². The van der Waals surface area contributed by atoms with Crippen molar-refractivity contribution in [3.63, 3.8) is 0 Å². The third kappa shape index (κ3) is 2.60. The molecule has 1 aromatic rings. The second-order valence-electron chi connectivity index (χ2n) is 3.12. The van der Waals surface area contributed by atoms with E-state index < -0.39 is 20.3 Å². The summed E-state index contributed by atoms with van der Waals surface area (Å²) in [5, 5.41) is 0. The lowest BCUT2D eigenvalue weighted by Gasteiger charge is -2.26. The predicted molar refractivity (Wildman–Crippen MR) is 52.6 cm³/mol. The number of halogens is 3. The summed E-state index contributed by atoms with van der Waals surface area (Å²) in [7, 11) is -2.73. The van der Waals surface area contributed by atoms with Gasteiger partial charge in [-0.25, -0.2) is 0 Å². The minimum absolute atomic E-state index is 0.497. The summed E-state index contributed by atoms with van der Waals surface area (Å²) in [6.07, 6.45) is -4.58. The van der Waals surface area contributed by atoms with E-state index in [0.717, 1.165) is 0 Å². The molecule has 9 heteroatoms. The Balaban J connectivity index is 2.08. The molecule has 1 radical (unpaired) electrons. The fourth-order valence-electron chi connectivity index (χ4n) is 1.23. The lowest BCUT2D eigenvalue weighted by Crippen LogP contribution is -2.55. The highest BCUT2D eigenvalue weighted by molar-refractivity contribution is 6.76. The zero-order valence-corrected chi connectivity index (χ0v) is 7.98. The molecule has 81 valence electrons. The fourth-order valence-corrected chi connectivity index (χ4v) is 1.23. The molecule has 2 rings (SSSR count). The topological polar surface area (TPSA) is 27.7 Å². The molecule has 0 unspecified atom stereocenters. The van der Waals surface area contributed by atoms with Crippen LogP contribution in [0.4, 0.5) is 13.2 Å². The van der Waals surface area contributed by atoms with Crippen LogP contribution in [0.25, 0.3) is 0 Å². The fraction of sp³-hybridized carbons (Fsp3) is 0.143. The van der Waals surface area contributed by atoms with Gasteiger partial charge >= 0.3 is 28.0 Å². The standard InChI is InChI=1S/C7H5B3F3O3/c11-7(12,13)10-15-8-14-9(16-10)6-4-2-1-3-5-6/h1-5H. The summed E-state index contributed by atoms with van der Waals surface area (Å²) in [6.45, 7) is 0. The van der Waals surface area contributed by atoms with Crippen molar-refractivity contribution in [1.82, 2.24) is 0 Å². The summed E-state index contributed by atoms with van der Waals surface area (Å²) < 4.78 is 50.6. The first-order valence-electron chi connectivity index (χ1n) is 4.47. The lowest BCUT2D eigenvalue weighted by atomic mass is 9.70. The van der Waals surface area contributed by atoms with E-state index in [1.54, 1.807) is 30.3 Å². The van der Waals surface area contributed by atoms with Crippen molar-refractivity contribution in [3.8, 4) is 0 Å². The van der Waals surface area contributed by atoms with Gasteiger partial charge in [-0.2, -0.15) is 13.2 Å². The Morgan fingerprint density at radius 3 is 2.38 bits per heavy atom. The molecule has 0 aliphatic carbocycles. The van der Waals surface area contributed by atoms with Gasteiger partial charge in [0.15, 0.2) is 0 Å². The first-order chi connectivity index (χ1) is 7.57. The van der Waals surface area contributed by atoms with Crippen molar-refractivity contribution in [3.05, 3.63) is 30.3 Å². The van der Waals surface area contributed by atoms with E-state index in [4.69, 9.17) is 4.57 Å². The highest BCUT2D eigenvalue weighted by Crippen LogP contribution is 2.22. The molecule has 0 bridgehead atoms. The van der Waals surface area contributed by atoms with Crippen molar-refractivity contribution in [2.24, 2.45) is 0 Å². The molecule has 0 N–H and O–H groups in total. The molecule has 1 heterocycles. The summed E-state index contributed by atoms with van der Waals surface area (Å²) in [6, 6.07) is 8.32.